The fourth-order valence-corrected chi connectivity index (χ4v) is 2.10. The number of imidazole rings is 1. The fraction of sp³-hybridized carbons (Fsp3) is 0.250. The number of aromatic nitrogens is 2. The van der Waals surface area contributed by atoms with Gasteiger partial charge in [0.15, 0.2) is 0 Å². The lowest BCUT2D eigenvalue weighted by atomic mass is 10.2. The zero-order valence-corrected chi connectivity index (χ0v) is 11.1. The van der Waals surface area contributed by atoms with Crippen molar-refractivity contribution in [3.8, 4) is 0 Å². The van der Waals surface area contributed by atoms with Gasteiger partial charge in [0.2, 0.25) is 0 Å². The Bertz CT molecular complexity index is 554. The normalized spacial score (nSPS) is 10.9. The molecule has 0 bridgehead atoms. The van der Waals surface area contributed by atoms with Crippen molar-refractivity contribution in [2.75, 3.05) is 6.54 Å². The molecule has 2 rings (SSSR count). The van der Waals surface area contributed by atoms with Crippen molar-refractivity contribution in [3.63, 3.8) is 0 Å². The Kier molecular flexibility index (Phi) is 4.08. The lowest BCUT2D eigenvalue weighted by Gasteiger charge is -2.10. The minimum absolute atomic E-state index is 0.0145. The van der Waals surface area contributed by atoms with Crippen LogP contribution in [0.4, 0.5) is 8.78 Å². The third-order valence-corrected chi connectivity index (χ3v) is 3.25. The molecule has 2 N–H and O–H groups in total. The molecule has 0 aliphatic heterocycles. The molecular formula is C12H12BrF2N3. The number of nitrogens with two attached hydrogens (primary N) is 1. The van der Waals surface area contributed by atoms with Gasteiger partial charge in [-0.1, -0.05) is 0 Å². The highest BCUT2D eigenvalue weighted by Gasteiger charge is 2.14. The van der Waals surface area contributed by atoms with Gasteiger partial charge in [0.05, 0.1) is 11.0 Å². The summed E-state index contributed by atoms with van der Waals surface area (Å²) >= 11 is 3.05. The number of halogens is 3. The molecule has 0 fully saturated rings. The van der Waals surface area contributed by atoms with Crippen LogP contribution in [-0.4, -0.2) is 16.1 Å². The fourth-order valence-electron chi connectivity index (χ4n) is 1.73. The summed E-state index contributed by atoms with van der Waals surface area (Å²) in [4.78, 5) is 4.11. The molecule has 0 aliphatic rings. The number of hydrogen-bond acceptors (Lipinski definition) is 2. The predicted octanol–water partition coefficient (Wildman–Crippen LogP) is 2.47. The minimum atomic E-state index is -0.581. The van der Waals surface area contributed by atoms with Crippen molar-refractivity contribution < 1.29 is 8.78 Å². The van der Waals surface area contributed by atoms with E-state index in [1.54, 1.807) is 17.0 Å². The number of rotatable bonds is 4. The van der Waals surface area contributed by atoms with E-state index in [4.69, 9.17) is 5.73 Å². The average Bonchev–Trinajstić information content (AvgIpc) is 2.78. The standard InChI is InChI=1S/C12H12BrF2N3/c13-9-1-2-10(14)8(12(9)15)7-18-6-5-17-11(18)3-4-16/h1-2,5-6H,3-4,7,16H2. The highest BCUT2D eigenvalue weighted by Crippen LogP contribution is 2.22. The Balaban J connectivity index is 2.34. The average molecular weight is 316 g/mol. The van der Waals surface area contributed by atoms with Crippen molar-refractivity contribution in [2.24, 2.45) is 5.73 Å². The summed E-state index contributed by atoms with van der Waals surface area (Å²) in [6.45, 7) is 0.549. The summed E-state index contributed by atoms with van der Waals surface area (Å²) in [5.41, 5.74) is 5.47. The Labute approximate surface area is 112 Å². The molecule has 6 heteroatoms. The van der Waals surface area contributed by atoms with Crippen LogP contribution in [0.1, 0.15) is 11.4 Å². The molecule has 0 amide bonds. The summed E-state index contributed by atoms with van der Waals surface area (Å²) < 4.78 is 29.4. The van der Waals surface area contributed by atoms with Crippen molar-refractivity contribution in [1.82, 2.24) is 9.55 Å². The molecule has 1 aromatic heterocycles. The van der Waals surface area contributed by atoms with Crippen molar-refractivity contribution in [1.29, 1.82) is 0 Å². The van der Waals surface area contributed by atoms with E-state index in [2.05, 4.69) is 20.9 Å². The largest absolute Gasteiger partial charge is 0.330 e. The zero-order chi connectivity index (χ0) is 13.1. The van der Waals surface area contributed by atoms with Gasteiger partial charge in [-0.3, -0.25) is 0 Å². The molecule has 1 heterocycles. The molecule has 0 atom stereocenters. The van der Waals surface area contributed by atoms with Gasteiger partial charge in [-0.05, 0) is 34.6 Å². The van der Waals surface area contributed by atoms with Crippen LogP contribution in [-0.2, 0) is 13.0 Å². The van der Waals surface area contributed by atoms with Crippen molar-refractivity contribution >= 4 is 15.9 Å². The van der Waals surface area contributed by atoms with Gasteiger partial charge in [-0.25, -0.2) is 13.8 Å². The summed E-state index contributed by atoms with van der Waals surface area (Å²) in [6, 6.07) is 2.59. The Morgan fingerprint density at radius 3 is 2.83 bits per heavy atom. The molecule has 0 aliphatic carbocycles. The van der Waals surface area contributed by atoms with Gasteiger partial charge in [0, 0.05) is 24.4 Å². The summed E-state index contributed by atoms with van der Waals surface area (Å²) in [5, 5.41) is 0. The maximum Gasteiger partial charge on any atom is 0.145 e. The minimum Gasteiger partial charge on any atom is -0.330 e. The smallest absolute Gasteiger partial charge is 0.145 e. The molecule has 0 spiro atoms. The van der Waals surface area contributed by atoms with Crippen LogP contribution in [0.2, 0.25) is 0 Å². The van der Waals surface area contributed by atoms with E-state index in [1.807, 2.05) is 0 Å². The molecule has 2 aromatic rings. The van der Waals surface area contributed by atoms with Crippen LogP contribution in [0.3, 0.4) is 0 Å². The van der Waals surface area contributed by atoms with Gasteiger partial charge in [0.25, 0.3) is 0 Å². The summed E-state index contributed by atoms with van der Waals surface area (Å²) in [7, 11) is 0. The summed E-state index contributed by atoms with van der Waals surface area (Å²) in [5.74, 6) is -0.429. The van der Waals surface area contributed by atoms with Gasteiger partial charge in [0.1, 0.15) is 17.5 Å². The molecule has 0 saturated carbocycles. The highest BCUT2D eigenvalue weighted by molar-refractivity contribution is 9.10. The van der Waals surface area contributed by atoms with E-state index < -0.39 is 11.6 Å². The first kappa shape index (κ1) is 13.2. The lowest BCUT2D eigenvalue weighted by Crippen LogP contribution is -2.12. The van der Waals surface area contributed by atoms with Crippen molar-refractivity contribution in [2.45, 2.75) is 13.0 Å². The summed E-state index contributed by atoms with van der Waals surface area (Å²) in [6.07, 6.45) is 3.85. The molecule has 0 saturated heterocycles. The molecule has 0 unspecified atom stereocenters. The predicted molar refractivity (Wildman–Crippen MR) is 68.1 cm³/mol. The third-order valence-electron chi connectivity index (χ3n) is 2.64. The molecule has 3 nitrogen and oxygen atoms in total. The monoisotopic (exact) mass is 315 g/mol. The van der Waals surface area contributed by atoms with Gasteiger partial charge in [-0.2, -0.15) is 0 Å². The lowest BCUT2D eigenvalue weighted by molar-refractivity contribution is 0.536. The third kappa shape index (κ3) is 2.59. The van der Waals surface area contributed by atoms with E-state index >= 15 is 0 Å². The number of hydrogen-bond donors (Lipinski definition) is 1. The first-order valence-corrected chi connectivity index (χ1v) is 6.25. The van der Waals surface area contributed by atoms with Crippen LogP contribution in [0, 0.1) is 11.6 Å². The van der Waals surface area contributed by atoms with E-state index in [0.717, 1.165) is 5.82 Å². The van der Waals surface area contributed by atoms with E-state index in [9.17, 15) is 8.78 Å². The first-order chi connectivity index (χ1) is 8.63. The van der Waals surface area contributed by atoms with Gasteiger partial charge < -0.3 is 10.3 Å². The topological polar surface area (TPSA) is 43.8 Å². The van der Waals surface area contributed by atoms with E-state index in [-0.39, 0.29) is 16.6 Å². The van der Waals surface area contributed by atoms with Crippen LogP contribution in [0.5, 0.6) is 0 Å². The van der Waals surface area contributed by atoms with Crippen LogP contribution >= 0.6 is 15.9 Å². The van der Waals surface area contributed by atoms with Crippen LogP contribution < -0.4 is 5.73 Å². The second-order valence-electron chi connectivity index (χ2n) is 3.83. The molecule has 0 radical (unpaired) electrons. The molecule has 96 valence electrons. The molecular weight excluding hydrogens is 304 g/mol. The van der Waals surface area contributed by atoms with Crippen LogP contribution in [0.25, 0.3) is 0 Å². The Hall–Kier alpha value is -1.27. The SMILES string of the molecule is NCCc1nccn1Cc1c(F)ccc(Br)c1F. The Morgan fingerprint density at radius 2 is 2.11 bits per heavy atom. The number of benzene rings is 1. The van der Waals surface area contributed by atoms with Gasteiger partial charge in [-0.15, -0.1) is 0 Å². The van der Waals surface area contributed by atoms with Gasteiger partial charge >= 0.3 is 0 Å². The maximum absolute atomic E-state index is 13.8. The Morgan fingerprint density at radius 1 is 1.33 bits per heavy atom. The molecule has 1 aromatic carbocycles. The van der Waals surface area contributed by atoms with Crippen LogP contribution in [0.15, 0.2) is 29.0 Å². The second kappa shape index (κ2) is 5.58. The van der Waals surface area contributed by atoms with E-state index in [1.165, 1.54) is 12.1 Å². The number of nitrogens with zero attached hydrogens (tertiary/aromatic N) is 2. The highest BCUT2D eigenvalue weighted by atomic mass is 79.9. The maximum atomic E-state index is 13.8. The zero-order valence-electron chi connectivity index (χ0n) is 9.54. The van der Waals surface area contributed by atoms with Crippen molar-refractivity contribution in [3.05, 3.63) is 52.0 Å². The quantitative estimate of drug-likeness (QED) is 0.881. The van der Waals surface area contributed by atoms with E-state index in [0.29, 0.717) is 13.0 Å². The first-order valence-electron chi connectivity index (χ1n) is 5.46. The molecule has 18 heavy (non-hydrogen) atoms. The second-order valence-corrected chi connectivity index (χ2v) is 4.69.